The van der Waals surface area contributed by atoms with Crippen LogP contribution in [-0.2, 0) is 9.59 Å². The monoisotopic (exact) mass is 402 g/mol. The molecular formula is C20H16ClFN2O2S. The first-order valence-electron chi connectivity index (χ1n) is 8.05. The summed E-state index contributed by atoms with van der Waals surface area (Å²) in [7, 11) is 1.44. The summed E-state index contributed by atoms with van der Waals surface area (Å²) in [4.78, 5) is 26.3. The van der Waals surface area contributed by atoms with Crippen molar-refractivity contribution >= 4 is 50.9 Å². The number of nitrogens with two attached hydrogens (primary N) is 1. The lowest BCUT2D eigenvalue weighted by molar-refractivity contribution is -0.134. The topological polar surface area (TPSA) is 63.4 Å². The number of nitrogens with zero attached hydrogens (tertiary/aromatic N) is 1. The molecule has 1 atom stereocenters. The molecule has 3 rings (SSSR count). The van der Waals surface area contributed by atoms with E-state index >= 15 is 0 Å². The van der Waals surface area contributed by atoms with E-state index in [1.807, 2.05) is 24.3 Å². The normalized spacial score (nSPS) is 12.4. The summed E-state index contributed by atoms with van der Waals surface area (Å²) in [5.74, 6) is -1.70. The molecule has 0 saturated heterocycles. The van der Waals surface area contributed by atoms with Crippen molar-refractivity contribution < 1.29 is 14.0 Å². The molecule has 0 fully saturated rings. The number of carbonyl (C=O) groups excluding carboxylic acids is 2. The van der Waals surface area contributed by atoms with Crippen LogP contribution in [0.3, 0.4) is 0 Å². The number of rotatable bonds is 5. The molecule has 7 heteroatoms. The quantitative estimate of drug-likeness (QED) is 0.643. The number of likely N-dealkylation sites (N-methyl/N-ethyl adjacent to an activating group) is 1. The highest BCUT2D eigenvalue weighted by molar-refractivity contribution is 7.20. The third kappa shape index (κ3) is 4.02. The predicted molar refractivity (Wildman–Crippen MR) is 107 cm³/mol. The molecule has 138 valence electrons. The van der Waals surface area contributed by atoms with Gasteiger partial charge in [-0.05, 0) is 29.8 Å². The minimum absolute atomic E-state index is 0.312. The molecule has 2 N–H and O–H groups in total. The van der Waals surface area contributed by atoms with Crippen LogP contribution < -0.4 is 5.73 Å². The molecule has 0 spiro atoms. The highest BCUT2D eigenvalue weighted by Gasteiger charge is 2.26. The Labute approximate surface area is 164 Å². The van der Waals surface area contributed by atoms with Crippen molar-refractivity contribution in [3.63, 3.8) is 0 Å². The molecule has 2 aromatic carbocycles. The Morgan fingerprint density at radius 2 is 1.96 bits per heavy atom. The van der Waals surface area contributed by atoms with Gasteiger partial charge in [0.2, 0.25) is 11.8 Å². The van der Waals surface area contributed by atoms with E-state index in [2.05, 4.69) is 0 Å². The van der Waals surface area contributed by atoms with E-state index in [4.69, 9.17) is 17.3 Å². The van der Waals surface area contributed by atoms with Gasteiger partial charge in [0.05, 0.1) is 5.02 Å². The van der Waals surface area contributed by atoms with Crippen molar-refractivity contribution in [2.45, 2.75) is 6.04 Å². The number of carbonyl (C=O) groups is 2. The minimum Gasteiger partial charge on any atom is -0.368 e. The number of amides is 2. The number of fused-ring (bicyclic) bond motifs is 1. The van der Waals surface area contributed by atoms with Crippen LogP contribution in [-0.4, -0.2) is 23.8 Å². The highest BCUT2D eigenvalue weighted by atomic mass is 35.5. The lowest BCUT2D eigenvalue weighted by Gasteiger charge is -2.25. The smallest absolute Gasteiger partial charge is 0.247 e. The molecule has 4 nitrogen and oxygen atoms in total. The van der Waals surface area contributed by atoms with Crippen LogP contribution in [0.1, 0.15) is 16.5 Å². The maximum atomic E-state index is 13.5. The lowest BCUT2D eigenvalue weighted by Crippen LogP contribution is -2.38. The summed E-state index contributed by atoms with van der Waals surface area (Å²) in [6, 6.07) is 12.0. The SMILES string of the molecule is CN(C(=O)/C=C/c1sc2ccccc2c1Cl)C(C(N)=O)c1cccc(F)c1. The standard InChI is InChI=1S/C20H16ClFN2O2S/c1-24(19(20(23)26)12-5-4-6-13(22)11-12)17(25)10-9-16-18(21)14-7-2-3-8-15(14)27-16/h2-11,19H,1H3,(H2,23,26)/b10-9+. The van der Waals surface area contributed by atoms with E-state index in [1.165, 1.54) is 47.6 Å². The summed E-state index contributed by atoms with van der Waals surface area (Å²) in [5.41, 5.74) is 5.75. The van der Waals surface area contributed by atoms with Gasteiger partial charge in [-0.2, -0.15) is 0 Å². The molecule has 2 amide bonds. The molecule has 0 bridgehead atoms. The van der Waals surface area contributed by atoms with Crippen LogP contribution in [0.4, 0.5) is 4.39 Å². The first-order chi connectivity index (χ1) is 12.9. The predicted octanol–water partition coefficient (Wildman–Crippen LogP) is 4.39. The van der Waals surface area contributed by atoms with Gasteiger partial charge in [-0.3, -0.25) is 9.59 Å². The Kier molecular flexibility index (Phi) is 5.58. The van der Waals surface area contributed by atoms with E-state index < -0.39 is 23.7 Å². The lowest BCUT2D eigenvalue weighted by atomic mass is 10.0. The van der Waals surface area contributed by atoms with Gasteiger partial charge in [0.15, 0.2) is 0 Å². The second-order valence-corrected chi connectivity index (χ2v) is 7.38. The van der Waals surface area contributed by atoms with Crippen LogP contribution in [0.2, 0.25) is 5.02 Å². The Balaban J connectivity index is 1.85. The number of benzene rings is 2. The van der Waals surface area contributed by atoms with Gasteiger partial charge in [-0.25, -0.2) is 4.39 Å². The van der Waals surface area contributed by atoms with Crippen molar-refractivity contribution in [1.82, 2.24) is 4.90 Å². The zero-order valence-corrected chi connectivity index (χ0v) is 15.9. The number of hydrogen-bond acceptors (Lipinski definition) is 3. The molecule has 0 radical (unpaired) electrons. The van der Waals surface area contributed by atoms with Gasteiger partial charge in [0.1, 0.15) is 11.9 Å². The van der Waals surface area contributed by atoms with E-state index in [0.29, 0.717) is 10.6 Å². The molecule has 0 aliphatic rings. The Hall–Kier alpha value is -2.70. The first-order valence-corrected chi connectivity index (χ1v) is 9.24. The van der Waals surface area contributed by atoms with E-state index in [9.17, 15) is 14.0 Å². The fourth-order valence-electron chi connectivity index (χ4n) is 2.79. The highest BCUT2D eigenvalue weighted by Crippen LogP contribution is 2.36. The maximum absolute atomic E-state index is 13.5. The Bertz CT molecular complexity index is 1050. The van der Waals surface area contributed by atoms with Gasteiger partial charge in [-0.1, -0.05) is 41.9 Å². The molecule has 1 unspecified atom stereocenters. The average Bonchev–Trinajstić information content (AvgIpc) is 2.96. The summed E-state index contributed by atoms with van der Waals surface area (Å²) >= 11 is 7.82. The van der Waals surface area contributed by atoms with Gasteiger partial charge < -0.3 is 10.6 Å². The van der Waals surface area contributed by atoms with Crippen molar-refractivity contribution in [2.75, 3.05) is 7.05 Å². The van der Waals surface area contributed by atoms with Crippen molar-refractivity contribution in [1.29, 1.82) is 0 Å². The second-order valence-electron chi connectivity index (χ2n) is 5.92. The van der Waals surface area contributed by atoms with E-state index in [1.54, 1.807) is 12.1 Å². The average molecular weight is 403 g/mol. The van der Waals surface area contributed by atoms with Gasteiger partial charge in [0, 0.05) is 28.1 Å². The summed E-state index contributed by atoms with van der Waals surface area (Å²) in [6.45, 7) is 0. The number of hydrogen-bond donors (Lipinski definition) is 1. The molecule has 0 aliphatic carbocycles. The number of halogens is 2. The Morgan fingerprint density at radius 3 is 2.63 bits per heavy atom. The van der Waals surface area contributed by atoms with Crippen LogP contribution in [0, 0.1) is 5.82 Å². The fraction of sp³-hybridized carbons (Fsp3) is 0.100. The summed E-state index contributed by atoms with van der Waals surface area (Å²) < 4.78 is 14.5. The van der Waals surface area contributed by atoms with Crippen LogP contribution in [0.15, 0.2) is 54.6 Å². The summed E-state index contributed by atoms with van der Waals surface area (Å²) in [5, 5.41) is 1.48. The molecule has 3 aromatic rings. The van der Waals surface area contributed by atoms with Crippen molar-refractivity contribution in [3.05, 3.63) is 75.9 Å². The molecular weight excluding hydrogens is 387 g/mol. The second kappa shape index (κ2) is 7.90. The van der Waals surface area contributed by atoms with E-state index in [0.717, 1.165) is 15.0 Å². The van der Waals surface area contributed by atoms with Gasteiger partial charge >= 0.3 is 0 Å². The largest absolute Gasteiger partial charge is 0.368 e. The van der Waals surface area contributed by atoms with Crippen molar-refractivity contribution in [3.8, 4) is 0 Å². The molecule has 1 aromatic heterocycles. The minimum atomic E-state index is -1.07. The number of thiophene rings is 1. The van der Waals surface area contributed by atoms with Gasteiger partial charge in [0.25, 0.3) is 0 Å². The third-order valence-corrected chi connectivity index (χ3v) is 5.76. The number of primary amides is 1. The van der Waals surface area contributed by atoms with E-state index in [-0.39, 0.29) is 0 Å². The molecule has 1 heterocycles. The molecule has 0 saturated carbocycles. The van der Waals surface area contributed by atoms with Crippen LogP contribution in [0.25, 0.3) is 16.2 Å². The zero-order chi connectivity index (χ0) is 19.6. The third-order valence-electron chi connectivity index (χ3n) is 4.11. The first kappa shape index (κ1) is 19.1. The van der Waals surface area contributed by atoms with Crippen LogP contribution in [0.5, 0.6) is 0 Å². The molecule has 0 aliphatic heterocycles. The Morgan fingerprint density at radius 1 is 1.22 bits per heavy atom. The molecule has 27 heavy (non-hydrogen) atoms. The van der Waals surface area contributed by atoms with Crippen molar-refractivity contribution in [2.24, 2.45) is 5.73 Å². The zero-order valence-electron chi connectivity index (χ0n) is 14.4. The van der Waals surface area contributed by atoms with Gasteiger partial charge in [-0.15, -0.1) is 11.3 Å². The van der Waals surface area contributed by atoms with Crippen LogP contribution >= 0.6 is 22.9 Å². The summed E-state index contributed by atoms with van der Waals surface area (Å²) in [6.07, 6.45) is 2.93. The maximum Gasteiger partial charge on any atom is 0.247 e. The fourth-order valence-corrected chi connectivity index (χ4v) is 4.19.